The van der Waals surface area contributed by atoms with Crippen molar-refractivity contribution in [3.05, 3.63) is 86.4 Å². The SMILES string of the molecule is Cc1cc(NC(=O)Nc2ccc([N+](=O)[O-])cc2)ccc1S(=O)(=O)N(C)c1ccc(Cl)c(Cl)c1. The van der Waals surface area contributed by atoms with Crippen molar-refractivity contribution in [3.63, 3.8) is 0 Å². The summed E-state index contributed by atoms with van der Waals surface area (Å²) in [7, 11) is -2.51. The lowest BCUT2D eigenvalue weighted by Crippen LogP contribution is -2.27. The zero-order valence-electron chi connectivity index (χ0n) is 17.4. The van der Waals surface area contributed by atoms with E-state index in [1.807, 2.05) is 0 Å². The number of rotatable bonds is 6. The molecule has 33 heavy (non-hydrogen) atoms. The molecule has 2 amide bonds. The van der Waals surface area contributed by atoms with E-state index in [-0.39, 0.29) is 15.6 Å². The van der Waals surface area contributed by atoms with Gasteiger partial charge in [-0.3, -0.25) is 14.4 Å². The lowest BCUT2D eigenvalue weighted by molar-refractivity contribution is -0.384. The van der Waals surface area contributed by atoms with E-state index in [0.29, 0.717) is 27.6 Å². The van der Waals surface area contributed by atoms with E-state index < -0.39 is 21.0 Å². The van der Waals surface area contributed by atoms with E-state index >= 15 is 0 Å². The number of amides is 2. The molecule has 2 N–H and O–H groups in total. The summed E-state index contributed by atoms with van der Waals surface area (Å²) in [5.74, 6) is 0. The molecule has 0 heterocycles. The van der Waals surface area contributed by atoms with Gasteiger partial charge in [0.25, 0.3) is 15.7 Å². The number of sulfonamides is 1. The van der Waals surface area contributed by atoms with Gasteiger partial charge >= 0.3 is 6.03 Å². The second kappa shape index (κ2) is 9.65. The molecule has 0 bridgehead atoms. The van der Waals surface area contributed by atoms with Crippen LogP contribution < -0.4 is 14.9 Å². The van der Waals surface area contributed by atoms with Gasteiger partial charge in [0.15, 0.2) is 0 Å². The minimum atomic E-state index is -3.91. The van der Waals surface area contributed by atoms with Gasteiger partial charge in [0.05, 0.1) is 25.6 Å². The first-order valence-corrected chi connectivity index (χ1v) is 11.6. The van der Waals surface area contributed by atoms with Crippen molar-refractivity contribution in [1.29, 1.82) is 0 Å². The quantitative estimate of drug-likeness (QED) is 0.327. The minimum Gasteiger partial charge on any atom is -0.308 e. The third-order valence-corrected chi connectivity index (χ3v) is 7.36. The molecule has 0 saturated carbocycles. The van der Waals surface area contributed by atoms with Crippen molar-refractivity contribution in [1.82, 2.24) is 0 Å². The number of urea groups is 1. The zero-order valence-corrected chi connectivity index (χ0v) is 19.7. The Morgan fingerprint density at radius 3 is 2.12 bits per heavy atom. The van der Waals surface area contributed by atoms with Crippen molar-refractivity contribution in [2.24, 2.45) is 0 Å². The molecular formula is C21H18Cl2N4O5S. The van der Waals surface area contributed by atoms with Crippen LogP contribution in [0.3, 0.4) is 0 Å². The lowest BCUT2D eigenvalue weighted by Gasteiger charge is -2.21. The Bertz CT molecular complexity index is 1330. The van der Waals surface area contributed by atoms with Gasteiger partial charge in [0.1, 0.15) is 0 Å². The monoisotopic (exact) mass is 508 g/mol. The van der Waals surface area contributed by atoms with Crippen LogP contribution in [0.4, 0.5) is 27.5 Å². The van der Waals surface area contributed by atoms with Crippen LogP contribution in [0.15, 0.2) is 65.6 Å². The average Bonchev–Trinajstić information content (AvgIpc) is 2.75. The van der Waals surface area contributed by atoms with Gasteiger partial charge in [-0.2, -0.15) is 0 Å². The van der Waals surface area contributed by atoms with Crippen LogP contribution in [0.1, 0.15) is 5.56 Å². The maximum atomic E-state index is 13.1. The molecule has 0 unspecified atom stereocenters. The molecule has 12 heteroatoms. The number of hydrogen-bond acceptors (Lipinski definition) is 5. The van der Waals surface area contributed by atoms with Gasteiger partial charge in [-0.05, 0) is 61.0 Å². The highest BCUT2D eigenvalue weighted by molar-refractivity contribution is 7.92. The number of hydrogen-bond donors (Lipinski definition) is 2. The van der Waals surface area contributed by atoms with E-state index in [2.05, 4.69) is 10.6 Å². The average molecular weight is 509 g/mol. The van der Waals surface area contributed by atoms with Crippen LogP contribution in [-0.2, 0) is 10.0 Å². The molecule has 0 aromatic heterocycles. The summed E-state index contributed by atoms with van der Waals surface area (Å²) in [4.78, 5) is 22.5. The number of non-ortho nitro benzene ring substituents is 1. The summed E-state index contributed by atoms with van der Waals surface area (Å²) in [6, 6.07) is 13.6. The Balaban J connectivity index is 1.75. The Labute approximate surface area is 200 Å². The van der Waals surface area contributed by atoms with E-state index in [0.717, 1.165) is 4.31 Å². The third kappa shape index (κ3) is 5.54. The predicted molar refractivity (Wildman–Crippen MR) is 129 cm³/mol. The van der Waals surface area contributed by atoms with Crippen LogP contribution in [0.5, 0.6) is 0 Å². The highest BCUT2D eigenvalue weighted by Gasteiger charge is 2.24. The van der Waals surface area contributed by atoms with Crippen molar-refractivity contribution in [3.8, 4) is 0 Å². The summed E-state index contributed by atoms with van der Waals surface area (Å²) in [5.41, 5.74) is 1.38. The number of aryl methyl sites for hydroxylation is 1. The van der Waals surface area contributed by atoms with Crippen LogP contribution in [0.25, 0.3) is 0 Å². The summed E-state index contributed by atoms with van der Waals surface area (Å²) in [5, 5.41) is 16.4. The second-order valence-corrected chi connectivity index (χ2v) is 9.69. The third-order valence-electron chi connectivity index (χ3n) is 4.67. The number of carbonyl (C=O) groups is 1. The maximum absolute atomic E-state index is 13.1. The summed E-state index contributed by atoms with van der Waals surface area (Å²) in [6.07, 6.45) is 0. The first-order chi connectivity index (χ1) is 15.5. The normalized spacial score (nSPS) is 11.0. The van der Waals surface area contributed by atoms with Gasteiger partial charge < -0.3 is 10.6 Å². The number of halogens is 2. The molecule has 3 aromatic rings. The molecule has 0 aliphatic rings. The Hall–Kier alpha value is -3.34. The number of nitrogens with zero attached hydrogens (tertiary/aromatic N) is 2. The zero-order chi connectivity index (χ0) is 24.3. The Kier molecular flexibility index (Phi) is 7.11. The molecular weight excluding hydrogens is 491 g/mol. The molecule has 3 aromatic carbocycles. The molecule has 172 valence electrons. The second-order valence-electron chi connectivity index (χ2n) is 6.93. The van der Waals surface area contributed by atoms with Gasteiger partial charge in [0, 0.05) is 30.6 Å². The topological polar surface area (TPSA) is 122 Å². The number of anilines is 3. The van der Waals surface area contributed by atoms with Crippen LogP contribution in [0.2, 0.25) is 10.0 Å². The van der Waals surface area contributed by atoms with Gasteiger partial charge in [-0.1, -0.05) is 23.2 Å². The smallest absolute Gasteiger partial charge is 0.308 e. The van der Waals surface area contributed by atoms with E-state index in [1.54, 1.807) is 13.0 Å². The molecule has 9 nitrogen and oxygen atoms in total. The highest BCUT2D eigenvalue weighted by Crippen LogP contribution is 2.31. The summed E-state index contributed by atoms with van der Waals surface area (Å²) >= 11 is 11.9. The van der Waals surface area contributed by atoms with Crippen LogP contribution in [0, 0.1) is 17.0 Å². The Morgan fingerprint density at radius 1 is 0.939 bits per heavy atom. The number of benzene rings is 3. The molecule has 0 atom stereocenters. The fraction of sp³-hybridized carbons (Fsp3) is 0.0952. The van der Waals surface area contributed by atoms with E-state index in [4.69, 9.17) is 23.2 Å². The van der Waals surface area contributed by atoms with Crippen molar-refractivity contribution in [2.75, 3.05) is 22.0 Å². The molecule has 0 fully saturated rings. The predicted octanol–water partition coefficient (Wildman–Crippen LogP) is 5.68. The van der Waals surface area contributed by atoms with Gasteiger partial charge in [-0.15, -0.1) is 0 Å². The molecule has 0 radical (unpaired) electrons. The molecule has 0 aliphatic heterocycles. The number of carbonyl (C=O) groups excluding carboxylic acids is 1. The van der Waals surface area contributed by atoms with Gasteiger partial charge in [0.2, 0.25) is 0 Å². The number of nitrogens with one attached hydrogen (secondary N) is 2. The minimum absolute atomic E-state index is 0.0531. The standard InChI is InChI=1S/C21H18Cl2N4O5S/c1-13-11-15(25-21(28)24-14-3-6-16(7-4-14)27(29)30)5-10-20(13)33(31,32)26(2)17-8-9-18(22)19(23)12-17/h3-12H,1-2H3,(H2,24,25,28). The summed E-state index contributed by atoms with van der Waals surface area (Å²) < 4.78 is 27.3. The number of nitro benzene ring substituents is 1. The largest absolute Gasteiger partial charge is 0.323 e. The number of nitro groups is 1. The van der Waals surface area contributed by atoms with Crippen molar-refractivity contribution in [2.45, 2.75) is 11.8 Å². The van der Waals surface area contributed by atoms with Crippen LogP contribution in [-0.4, -0.2) is 26.4 Å². The highest BCUT2D eigenvalue weighted by atomic mass is 35.5. The first kappa shape index (κ1) is 24.3. The molecule has 3 rings (SSSR count). The molecule has 0 aliphatic carbocycles. The van der Waals surface area contributed by atoms with Gasteiger partial charge in [-0.25, -0.2) is 13.2 Å². The lowest BCUT2D eigenvalue weighted by atomic mass is 10.2. The fourth-order valence-electron chi connectivity index (χ4n) is 2.94. The van der Waals surface area contributed by atoms with Crippen molar-refractivity contribution >= 4 is 62.0 Å². The fourth-order valence-corrected chi connectivity index (χ4v) is 4.63. The Morgan fingerprint density at radius 2 is 1.55 bits per heavy atom. The molecule has 0 spiro atoms. The van der Waals surface area contributed by atoms with Crippen LogP contribution >= 0.6 is 23.2 Å². The van der Waals surface area contributed by atoms with E-state index in [1.165, 1.54) is 61.6 Å². The first-order valence-electron chi connectivity index (χ1n) is 9.36. The van der Waals surface area contributed by atoms with Crippen molar-refractivity contribution < 1.29 is 18.1 Å². The summed E-state index contributed by atoms with van der Waals surface area (Å²) in [6.45, 7) is 1.61. The maximum Gasteiger partial charge on any atom is 0.323 e. The molecule has 0 saturated heterocycles. The van der Waals surface area contributed by atoms with E-state index in [9.17, 15) is 23.3 Å².